The lowest BCUT2D eigenvalue weighted by Gasteiger charge is -2.06. The van der Waals surface area contributed by atoms with E-state index in [-0.39, 0.29) is 0 Å². The Morgan fingerprint density at radius 2 is 2.14 bits per heavy atom. The van der Waals surface area contributed by atoms with Gasteiger partial charge in [-0.05, 0) is 18.2 Å². The van der Waals surface area contributed by atoms with E-state index in [4.69, 9.17) is 17.3 Å². The van der Waals surface area contributed by atoms with Crippen molar-refractivity contribution in [1.29, 1.82) is 0 Å². The van der Waals surface area contributed by atoms with Crippen molar-refractivity contribution in [2.75, 3.05) is 18.1 Å². The van der Waals surface area contributed by atoms with Gasteiger partial charge in [0.2, 0.25) is 0 Å². The average Bonchev–Trinajstić information content (AvgIpc) is 2.16. The van der Waals surface area contributed by atoms with E-state index in [1.165, 1.54) is 0 Å². The maximum absolute atomic E-state index is 5.83. The van der Waals surface area contributed by atoms with Crippen LogP contribution in [0.4, 0.5) is 11.4 Å². The van der Waals surface area contributed by atoms with Crippen LogP contribution in [0.2, 0.25) is 5.02 Å². The van der Waals surface area contributed by atoms with E-state index in [1.54, 1.807) is 6.20 Å². The Balaban J connectivity index is 2.73. The molecule has 0 amide bonds. The van der Waals surface area contributed by atoms with Crippen molar-refractivity contribution in [3.8, 4) is 0 Å². The molecule has 1 aromatic carbocycles. The molecule has 0 atom stereocenters. The molecule has 0 aliphatic rings. The normalized spacial score (nSPS) is 10.4. The number of fused-ring (bicyclic) bond motifs is 1. The highest BCUT2D eigenvalue weighted by Crippen LogP contribution is 2.25. The third-order valence-electron chi connectivity index (χ3n) is 2.09. The van der Waals surface area contributed by atoms with E-state index in [2.05, 4.69) is 10.3 Å². The van der Waals surface area contributed by atoms with Gasteiger partial charge in [0.05, 0.1) is 21.9 Å². The molecule has 1 aromatic heterocycles. The summed E-state index contributed by atoms with van der Waals surface area (Å²) in [4.78, 5) is 4.20. The van der Waals surface area contributed by atoms with Gasteiger partial charge in [-0.3, -0.25) is 4.98 Å². The number of hydrogen-bond donors (Lipinski definition) is 2. The summed E-state index contributed by atoms with van der Waals surface area (Å²) in [7, 11) is 1.83. The van der Waals surface area contributed by atoms with Crippen molar-refractivity contribution < 1.29 is 0 Å². The zero-order valence-corrected chi connectivity index (χ0v) is 8.47. The van der Waals surface area contributed by atoms with Gasteiger partial charge in [-0.25, -0.2) is 0 Å². The summed E-state index contributed by atoms with van der Waals surface area (Å²) < 4.78 is 0. The first kappa shape index (κ1) is 9.09. The van der Waals surface area contributed by atoms with Crippen molar-refractivity contribution in [3.05, 3.63) is 29.4 Å². The zero-order valence-electron chi connectivity index (χ0n) is 7.71. The molecule has 0 fully saturated rings. The summed E-state index contributed by atoms with van der Waals surface area (Å²) in [6, 6.07) is 5.61. The van der Waals surface area contributed by atoms with Gasteiger partial charge in [0.1, 0.15) is 0 Å². The number of anilines is 2. The molecular formula is C10H10ClN3. The molecule has 2 aromatic rings. The first-order valence-electron chi connectivity index (χ1n) is 4.23. The molecular weight excluding hydrogens is 198 g/mol. The fraction of sp³-hybridized carbons (Fsp3) is 0.100. The second kappa shape index (κ2) is 3.35. The number of nitrogens with zero attached hydrogens (tertiary/aromatic N) is 1. The number of pyridine rings is 1. The fourth-order valence-corrected chi connectivity index (χ4v) is 1.55. The molecule has 0 spiro atoms. The Morgan fingerprint density at radius 1 is 1.36 bits per heavy atom. The van der Waals surface area contributed by atoms with Crippen LogP contribution >= 0.6 is 11.6 Å². The quantitative estimate of drug-likeness (QED) is 0.707. The minimum atomic E-state index is 0.620. The Hall–Kier alpha value is -1.48. The van der Waals surface area contributed by atoms with Crippen LogP contribution < -0.4 is 11.1 Å². The molecule has 0 radical (unpaired) electrons. The summed E-state index contributed by atoms with van der Waals surface area (Å²) in [6.07, 6.45) is 1.62. The third-order valence-corrected chi connectivity index (χ3v) is 2.30. The molecule has 0 bridgehead atoms. The van der Waals surface area contributed by atoms with Crippen LogP contribution in [0.1, 0.15) is 0 Å². The van der Waals surface area contributed by atoms with Crippen LogP contribution in [0.5, 0.6) is 0 Å². The highest BCUT2D eigenvalue weighted by Gasteiger charge is 2.01. The summed E-state index contributed by atoms with van der Waals surface area (Å²) in [6.45, 7) is 0. The summed E-state index contributed by atoms with van der Waals surface area (Å²) in [5, 5.41) is 4.58. The van der Waals surface area contributed by atoms with Crippen LogP contribution in [0, 0.1) is 0 Å². The van der Waals surface area contributed by atoms with E-state index in [1.807, 2.05) is 25.2 Å². The fourth-order valence-electron chi connectivity index (χ4n) is 1.38. The molecule has 0 aliphatic carbocycles. The average molecular weight is 208 g/mol. The van der Waals surface area contributed by atoms with Gasteiger partial charge >= 0.3 is 0 Å². The minimum absolute atomic E-state index is 0.620. The number of nitrogens with one attached hydrogen (secondary N) is 1. The topological polar surface area (TPSA) is 50.9 Å². The van der Waals surface area contributed by atoms with Crippen LogP contribution in [0.25, 0.3) is 10.9 Å². The maximum Gasteiger partial charge on any atom is 0.0725 e. The van der Waals surface area contributed by atoms with E-state index in [0.29, 0.717) is 10.7 Å². The molecule has 1 heterocycles. The maximum atomic E-state index is 5.83. The van der Waals surface area contributed by atoms with Gasteiger partial charge in [-0.2, -0.15) is 0 Å². The largest absolute Gasteiger partial charge is 0.397 e. The first-order chi connectivity index (χ1) is 6.70. The number of halogens is 1. The summed E-state index contributed by atoms with van der Waals surface area (Å²) >= 11 is 5.83. The van der Waals surface area contributed by atoms with Crippen LogP contribution in [-0.2, 0) is 0 Å². The van der Waals surface area contributed by atoms with E-state index in [9.17, 15) is 0 Å². The molecule has 3 N–H and O–H groups in total. The monoisotopic (exact) mass is 207 g/mol. The molecule has 14 heavy (non-hydrogen) atoms. The van der Waals surface area contributed by atoms with Crippen molar-refractivity contribution >= 4 is 33.9 Å². The molecule has 0 saturated carbocycles. The van der Waals surface area contributed by atoms with Gasteiger partial charge < -0.3 is 11.1 Å². The number of aromatic nitrogens is 1. The predicted octanol–water partition coefficient (Wildman–Crippen LogP) is 2.51. The van der Waals surface area contributed by atoms with Crippen LogP contribution in [0.3, 0.4) is 0 Å². The first-order valence-corrected chi connectivity index (χ1v) is 4.61. The zero-order chi connectivity index (χ0) is 10.1. The summed E-state index contributed by atoms with van der Waals surface area (Å²) in [5.41, 5.74) is 8.28. The Morgan fingerprint density at radius 3 is 2.86 bits per heavy atom. The molecule has 2 rings (SSSR count). The number of benzene rings is 1. The summed E-state index contributed by atoms with van der Waals surface area (Å²) in [5.74, 6) is 0. The van der Waals surface area contributed by atoms with E-state index in [0.717, 1.165) is 16.6 Å². The number of nitrogens with two attached hydrogens (primary N) is 1. The van der Waals surface area contributed by atoms with Gasteiger partial charge in [-0.1, -0.05) is 11.6 Å². The van der Waals surface area contributed by atoms with E-state index < -0.39 is 0 Å². The highest BCUT2D eigenvalue weighted by molar-refractivity contribution is 6.31. The van der Waals surface area contributed by atoms with Crippen LogP contribution in [0.15, 0.2) is 24.4 Å². The van der Waals surface area contributed by atoms with Gasteiger partial charge in [0.25, 0.3) is 0 Å². The molecule has 0 unspecified atom stereocenters. The molecule has 0 aliphatic heterocycles. The smallest absolute Gasteiger partial charge is 0.0725 e. The SMILES string of the molecule is CNc1cc2ncc(Cl)cc2cc1N. The number of rotatable bonds is 1. The second-order valence-electron chi connectivity index (χ2n) is 3.04. The lowest BCUT2D eigenvalue weighted by atomic mass is 10.1. The van der Waals surface area contributed by atoms with E-state index >= 15 is 0 Å². The van der Waals surface area contributed by atoms with Crippen molar-refractivity contribution in [1.82, 2.24) is 4.98 Å². The molecule has 0 saturated heterocycles. The molecule has 3 nitrogen and oxygen atoms in total. The Bertz CT molecular complexity index is 482. The third kappa shape index (κ3) is 1.46. The van der Waals surface area contributed by atoms with Crippen molar-refractivity contribution in [2.24, 2.45) is 0 Å². The standard InChI is InChI=1S/C10H10ClN3/c1-13-10-4-9-6(3-8(10)12)2-7(11)5-14-9/h2-5,13H,12H2,1H3. The van der Waals surface area contributed by atoms with Crippen LogP contribution in [-0.4, -0.2) is 12.0 Å². The lowest BCUT2D eigenvalue weighted by Crippen LogP contribution is -1.95. The van der Waals surface area contributed by atoms with Crippen molar-refractivity contribution in [2.45, 2.75) is 0 Å². The minimum Gasteiger partial charge on any atom is -0.397 e. The highest BCUT2D eigenvalue weighted by atomic mass is 35.5. The number of hydrogen-bond acceptors (Lipinski definition) is 3. The second-order valence-corrected chi connectivity index (χ2v) is 3.47. The molecule has 4 heteroatoms. The Labute approximate surface area is 86.9 Å². The van der Waals surface area contributed by atoms with Gasteiger partial charge in [0, 0.05) is 18.6 Å². The van der Waals surface area contributed by atoms with Crippen molar-refractivity contribution in [3.63, 3.8) is 0 Å². The lowest BCUT2D eigenvalue weighted by molar-refractivity contribution is 1.40. The van der Waals surface area contributed by atoms with Gasteiger partial charge in [0.15, 0.2) is 0 Å². The number of nitrogen functional groups attached to an aromatic ring is 1. The molecule has 72 valence electrons. The Kier molecular flexibility index (Phi) is 2.17. The predicted molar refractivity (Wildman–Crippen MR) is 60.7 cm³/mol. The van der Waals surface area contributed by atoms with Gasteiger partial charge in [-0.15, -0.1) is 0 Å².